The van der Waals surface area contributed by atoms with Crippen molar-refractivity contribution in [2.45, 2.75) is 52.1 Å². The Labute approximate surface area is 192 Å². The first kappa shape index (κ1) is 24.3. The molecule has 2 aromatic carbocycles. The number of hydrogen-bond donors (Lipinski definition) is 1. The number of nitrogens with zero attached hydrogens (tertiary/aromatic N) is 2. The second-order valence-electron chi connectivity index (χ2n) is 8.90. The molecule has 3 rings (SSSR count). The van der Waals surface area contributed by atoms with E-state index >= 15 is 0 Å². The van der Waals surface area contributed by atoms with Crippen molar-refractivity contribution in [3.05, 3.63) is 65.2 Å². The fourth-order valence-corrected chi connectivity index (χ4v) is 4.90. The lowest BCUT2D eigenvalue weighted by molar-refractivity contribution is -0.119. The summed E-state index contributed by atoms with van der Waals surface area (Å²) in [5, 5.41) is 2.91. The van der Waals surface area contributed by atoms with Gasteiger partial charge in [0.2, 0.25) is 15.9 Å². The minimum absolute atomic E-state index is 0.242. The van der Waals surface area contributed by atoms with Crippen LogP contribution in [0.2, 0.25) is 0 Å². The van der Waals surface area contributed by atoms with Crippen LogP contribution >= 0.6 is 0 Å². The molecule has 1 N–H and O–H groups in total. The highest BCUT2D eigenvalue weighted by Gasteiger charge is 2.21. The van der Waals surface area contributed by atoms with Crippen molar-refractivity contribution in [2.24, 2.45) is 0 Å². The number of carbonyl (C=O) groups is 1. The molecule has 0 bridgehead atoms. The van der Waals surface area contributed by atoms with Crippen molar-refractivity contribution in [1.29, 1.82) is 0 Å². The molecule has 1 aliphatic rings. The number of anilines is 1. The molecule has 0 spiro atoms. The largest absolute Gasteiger partial charge is 0.350 e. The van der Waals surface area contributed by atoms with Crippen molar-refractivity contribution >= 4 is 21.6 Å². The molecule has 1 saturated heterocycles. The molecule has 32 heavy (non-hydrogen) atoms. The van der Waals surface area contributed by atoms with Crippen molar-refractivity contribution < 1.29 is 13.2 Å². The number of carbonyl (C=O) groups excluding carboxylic acids is 1. The van der Waals surface area contributed by atoms with E-state index in [1.54, 1.807) is 12.1 Å². The Hall–Kier alpha value is -2.38. The third-order valence-corrected chi connectivity index (χ3v) is 7.11. The molecule has 174 valence electrons. The smallest absolute Gasteiger partial charge is 0.241 e. The van der Waals surface area contributed by atoms with Gasteiger partial charge in [0.1, 0.15) is 6.54 Å². The van der Waals surface area contributed by atoms with Crippen molar-refractivity contribution in [3.8, 4) is 0 Å². The molecule has 1 amide bonds. The van der Waals surface area contributed by atoms with Gasteiger partial charge in [-0.2, -0.15) is 0 Å². The summed E-state index contributed by atoms with van der Waals surface area (Å²) in [6, 6.07) is 15.5. The fraction of sp³-hybridized carbons (Fsp3) is 0.480. The maximum Gasteiger partial charge on any atom is 0.241 e. The van der Waals surface area contributed by atoms with Crippen molar-refractivity contribution in [2.75, 3.05) is 30.2 Å². The summed E-state index contributed by atoms with van der Waals surface area (Å²) >= 11 is 0. The van der Waals surface area contributed by atoms with Crippen LogP contribution in [0.3, 0.4) is 0 Å². The summed E-state index contributed by atoms with van der Waals surface area (Å²) in [6.45, 7) is 7.41. The number of likely N-dealkylation sites (tertiary alicyclic amines) is 1. The molecule has 6 nitrogen and oxygen atoms in total. The first-order valence-electron chi connectivity index (χ1n) is 11.4. The van der Waals surface area contributed by atoms with Gasteiger partial charge in [0.25, 0.3) is 0 Å². The first-order valence-corrected chi connectivity index (χ1v) is 13.2. The summed E-state index contributed by atoms with van der Waals surface area (Å²) in [4.78, 5) is 15.2. The summed E-state index contributed by atoms with van der Waals surface area (Å²) in [7, 11) is -3.59. The summed E-state index contributed by atoms with van der Waals surface area (Å²) in [5.41, 5.74) is 3.90. The van der Waals surface area contributed by atoms with E-state index in [1.807, 2.05) is 30.3 Å². The SMILES string of the molecule is CC(C)c1ccc(N(CC(=O)NCc2ccccc2CN2CCCCC2)S(C)(=O)=O)cc1. The molecule has 1 fully saturated rings. The molecule has 0 saturated carbocycles. The van der Waals surface area contributed by atoms with Gasteiger partial charge < -0.3 is 5.32 Å². The maximum absolute atomic E-state index is 12.7. The van der Waals surface area contributed by atoms with Gasteiger partial charge in [0.15, 0.2) is 0 Å². The predicted octanol–water partition coefficient (Wildman–Crippen LogP) is 3.88. The standard InChI is InChI=1S/C25H35N3O3S/c1-20(2)21-11-13-24(14-12-21)28(32(3,30)31)19-25(29)26-17-22-9-5-6-10-23(22)18-27-15-7-4-8-16-27/h5-6,9-14,20H,4,7-8,15-19H2,1-3H3,(H,26,29). The molecule has 2 aromatic rings. The van der Waals surface area contributed by atoms with Crippen LogP contribution < -0.4 is 9.62 Å². The molecule has 1 heterocycles. The molecular weight excluding hydrogens is 422 g/mol. The van der Waals surface area contributed by atoms with Crippen LogP contribution in [0.25, 0.3) is 0 Å². The lowest BCUT2D eigenvalue weighted by Crippen LogP contribution is -2.40. The van der Waals surface area contributed by atoms with Crippen LogP contribution in [-0.2, 0) is 27.9 Å². The van der Waals surface area contributed by atoms with Gasteiger partial charge in [-0.05, 0) is 60.7 Å². The molecule has 7 heteroatoms. The van der Waals surface area contributed by atoms with Gasteiger partial charge in [-0.3, -0.25) is 14.0 Å². The molecule has 0 radical (unpaired) electrons. The van der Waals surface area contributed by atoms with Gasteiger partial charge in [-0.25, -0.2) is 8.42 Å². The highest BCUT2D eigenvalue weighted by atomic mass is 32.2. The zero-order chi connectivity index (χ0) is 23.1. The minimum atomic E-state index is -3.59. The van der Waals surface area contributed by atoms with E-state index in [9.17, 15) is 13.2 Å². The van der Waals surface area contributed by atoms with Gasteiger partial charge in [0, 0.05) is 13.1 Å². The third kappa shape index (κ3) is 6.81. The highest BCUT2D eigenvalue weighted by Crippen LogP contribution is 2.22. The van der Waals surface area contributed by atoms with Crippen molar-refractivity contribution in [1.82, 2.24) is 10.2 Å². The molecule has 0 unspecified atom stereocenters. The van der Waals surface area contributed by atoms with E-state index in [2.05, 4.69) is 30.1 Å². The lowest BCUT2D eigenvalue weighted by Gasteiger charge is -2.27. The van der Waals surface area contributed by atoms with E-state index in [0.29, 0.717) is 18.2 Å². The molecule has 1 aliphatic heterocycles. The number of benzene rings is 2. The number of sulfonamides is 1. The number of hydrogen-bond acceptors (Lipinski definition) is 4. The Morgan fingerprint density at radius 1 is 1.00 bits per heavy atom. The van der Waals surface area contributed by atoms with Crippen LogP contribution in [0.1, 0.15) is 55.7 Å². The van der Waals surface area contributed by atoms with Gasteiger partial charge in [-0.15, -0.1) is 0 Å². The van der Waals surface area contributed by atoms with Crippen LogP contribution in [0.4, 0.5) is 5.69 Å². The van der Waals surface area contributed by atoms with E-state index in [0.717, 1.165) is 41.3 Å². The number of piperidine rings is 1. The first-order chi connectivity index (χ1) is 15.2. The van der Waals surface area contributed by atoms with Crippen molar-refractivity contribution in [3.63, 3.8) is 0 Å². The Bertz CT molecular complexity index is 997. The zero-order valence-corrected chi connectivity index (χ0v) is 20.2. The van der Waals surface area contributed by atoms with E-state index in [1.165, 1.54) is 24.8 Å². The molecule has 0 aliphatic carbocycles. The fourth-order valence-electron chi connectivity index (χ4n) is 4.05. The zero-order valence-electron chi connectivity index (χ0n) is 19.4. The normalized spacial score (nSPS) is 15.0. The van der Waals surface area contributed by atoms with Gasteiger partial charge >= 0.3 is 0 Å². The second-order valence-corrected chi connectivity index (χ2v) is 10.8. The number of amides is 1. The monoisotopic (exact) mass is 457 g/mol. The minimum Gasteiger partial charge on any atom is -0.350 e. The summed E-state index contributed by atoms with van der Waals surface area (Å²) in [5.74, 6) is 0.0279. The predicted molar refractivity (Wildman–Crippen MR) is 130 cm³/mol. The van der Waals surface area contributed by atoms with Crippen LogP contribution in [0, 0.1) is 0 Å². The Balaban J connectivity index is 1.65. The van der Waals surface area contributed by atoms with Gasteiger partial charge in [-0.1, -0.05) is 56.7 Å². The van der Waals surface area contributed by atoms with E-state index < -0.39 is 10.0 Å². The average Bonchev–Trinajstić information content (AvgIpc) is 2.77. The molecular formula is C25H35N3O3S. The average molecular weight is 458 g/mol. The van der Waals surface area contributed by atoms with Crippen LogP contribution in [0.5, 0.6) is 0 Å². The second kappa shape index (κ2) is 11.0. The Kier molecular flexibility index (Phi) is 8.32. The third-order valence-electron chi connectivity index (χ3n) is 5.97. The molecule has 0 atom stereocenters. The van der Waals surface area contributed by atoms with Crippen LogP contribution in [0.15, 0.2) is 48.5 Å². The topological polar surface area (TPSA) is 69.7 Å². The Morgan fingerprint density at radius 3 is 2.22 bits per heavy atom. The Morgan fingerprint density at radius 2 is 1.62 bits per heavy atom. The van der Waals surface area contributed by atoms with Gasteiger partial charge in [0.05, 0.1) is 11.9 Å². The lowest BCUT2D eigenvalue weighted by atomic mass is 10.0. The maximum atomic E-state index is 12.7. The van der Waals surface area contributed by atoms with Crippen LogP contribution in [-0.4, -0.2) is 45.1 Å². The number of nitrogens with one attached hydrogen (secondary N) is 1. The number of rotatable bonds is 9. The summed E-state index contributed by atoms with van der Waals surface area (Å²) in [6.07, 6.45) is 4.90. The van der Waals surface area contributed by atoms with E-state index in [-0.39, 0.29) is 12.5 Å². The summed E-state index contributed by atoms with van der Waals surface area (Å²) < 4.78 is 25.9. The quantitative estimate of drug-likeness (QED) is 0.620. The molecule has 0 aromatic heterocycles. The van der Waals surface area contributed by atoms with E-state index in [4.69, 9.17) is 0 Å². The highest BCUT2D eigenvalue weighted by molar-refractivity contribution is 7.92.